The quantitative estimate of drug-likeness (QED) is 0.770. The fraction of sp³-hybridized carbons (Fsp3) is 0.600. The molecule has 1 aromatic rings. The summed E-state index contributed by atoms with van der Waals surface area (Å²) in [7, 11) is -3.82. The van der Waals surface area contributed by atoms with Crippen molar-refractivity contribution in [3.8, 4) is 0 Å². The number of nitrogens with zero attached hydrogens (tertiary/aromatic N) is 2. The van der Waals surface area contributed by atoms with Crippen LogP contribution in [0.3, 0.4) is 0 Å². The standard InChI is InChI=1S/C10H17N3O4S/c1-3-5-6-13(4-2)18(16,17)9-8(10(14)15)7-11-12-9/h7H,3-6H2,1-2H3,(H,11,12)(H,14,15). The number of aromatic amines is 1. The molecule has 0 aliphatic rings. The molecule has 0 amide bonds. The summed E-state index contributed by atoms with van der Waals surface area (Å²) in [5, 5.41) is 14.3. The van der Waals surface area contributed by atoms with Gasteiger partial charge in [0.05, 0.1) is 6.20 Å². The monoisotopic (exact) mass is 275 g/mol. The molecule has 18 heavy (non-hydrogen) atoms. The number of hydrogen-bond acceptors (Lipinski definition) is 4. The normalized spacial score (nSPS) is 11.9. The van der Waals surface area contributed by atoms with Gasteiger partial charge in [-0.1, -0.05) is 20.3 Å². The second-order valence-corrected chi connectivity index (χ2v) is 5.64. The lowest BCUT2D eigenvalue weighted by Gasteiger charge is -2.19. The largest absolute Gasteiger partial charge is 0.478 e. The number of sulfonamides is 1. The maximum atomic E-state index is 12.2. The number of carboxylic acid groups (broad SMARTS) is 1. The van der Waals surface area contributed by atoms with Gasteiger partial charge in [0.25, 0.3) is 10.0 Å². The van der Waals surface area contributed by atoms with E-state index in [2.05, 4.69) is 10.2 Å². The summed E-state index contributed by atoms with van der Waals surface area (Å²) in [6.07, 6.45) is 2.59. The topological polar surface area (TPSA) is 103 Å². The lowest BCUT2D eigenvalue weighted by molar-refractivity contribution is 0.0692. The van der Waals surface area contributed by atoms with Crippen LogP contribution in [-0.2, 0) is 10.0 Å². The number of carboxylic acids is 1. The van der Waals surface area contributed by atoms with Gasteiger partial charge in [-0.15, -0.1) is 0 Å². The van der Waals surface area contributed by atoms with E-state index in [0.29, 0.717) is 13.1 Å². The van der Waals surface area contributed by atoms with Crippen molar-refractivity contribution in [2.24, 2.45) is 0 Å². The average molecular weight is 275 g/mol. The van der Waals surface area contributed by atoms with Crippen LogP contribution in [0.5, 0.6) is 0 Å². The van der Waals surface area contributed by atoms with E-state index >= 15 is 0 Å². The smallest absolute Gasteiger partial charge is 0.340 e. The zero-order valence-electron chi connectivity index (χ0n) is 10.4. The van der Waals surface area contributed by atoms with Crippen LogP contribution in [-0.4, -0.2) is 47.1 Å². The molecule has 0 aliphatic carbocycles. The van der Waals surface area contributed by atoms with Crippen LogP contribution in [0.2, 0.25) is 0 Å². The predicted molar refractivity (Wildman–Crippen MR) is 64.9 cm³/mol. The Bertz CT molecular complexity index is 509. The highest BCUT2D eigenvalue weighted by atomic mass is 32.2. The molecule has 0 spiro atoms. The van der Waals surface area contributed by atoms with Crippen LogP contribution in [0.25, 0.3) is 0 Å². The van der Waals surface area contributed by atoms with Crippen molar-refractivity contribution in [2.45, 2.75) is 31.7 Å². The third-order valence-corrected chi connectivity index (χ3v) is 4.49. The SMILES string of the molecule is CCCCN(CC)S(=O)(=O)c1[nH]ncc1C(=O)O. The molecule has 0 aromatic carbocycles. The van der Waals surface area contributed by atoms with Gasteiger partial charge in [-0.25, -0.2) is 13.2 Å². The Morgan fingerprint density at radius 1 is 1.50 bits per heavy atom. The molecule has 2 N–H and O–H groups in total. The van der Waals surface area contributed by atoms with Crippen LogP contribution in [0.15, 0.2) is 11.2 Å². The van der Waals surface area contributed by atoms with Crippen LogP contribution < -0.4 is 0 Å². The Balaban J connectivity index is 3.11. The molecule has 1 rings (SSSR count). The molecule has 7 nitrogen and oxygen atoms in total. The number of rotatable bonds is 7. The van der Waals surface area contributed by atoms with E-state index in [4.69, 9.17) is 5.11 Å². The molecule has 0 bridgehead atoms. The second-order valence-electron chi connectivity index (χ2n) is 3.77. The van der Waals surface area contributed by atoms with E-state index in [-0.39, 0.29) is 10.6 Å². The molecule has 0 unspecified atom stereocenters. The molecule has 1 heterocycles. The third-order valence-electron chi connectivity index (χ3n) is 2.55. The number of carbonyl (C=O) groups is 1. The maximum absolute atomic E-state index is 12.2. The van der Waals surface area contributed by atoms with Gasteiger partial charge < -0.3 is 5.11 Å². The molecule has 102 valence electrons. The summed E-state index contributed by atoms with van der Waals surface area (Å²) in [6, 6.07) is 0. The van der Waals surface area contributed by atoms with Crippen molar-refractivity contribution >= 4 is 16.0 Å². The van der Waals surface area contributed by atoms with E-state index in [1.165, 1.54) is 4.31 Å². The van der Waals surface area contributed by atoms with Gasteiger partial charge in [-0.05, 0) is 6.42 Å². The number of hydrogen-bond donors (Lipinski definition) is 2. The van der Waals surface area contributed by atoms with Gasteiger partial charge in [0, 0.05) is 13.1 Å². The van der Waals surface area contributed by atoms with Crippen molar-refractivity contribution in [3.63, 3.8) is 0 Å². The van der Waals surface area contributed by atoms with E-state index in [0.717, 1.165) is 19.0 Å². The number of H-pyrrole nitrogens is 1. The molecule has 0 radical (unpaired) electrons. The predicted octanol–water partition coefficient (Wildman–Crippen LogP) is 0.919. The lowest BCUT2D eigenvalue weighted by Crippen LogP contribution is -2.33. The molecular weight excluding hydrogens is 258 g/mol. The lowest BCUT2D eigenvalue weighted by atomic mass is 10.3. The first kappa shape index (κ1) is 14.7. The highest BCUT2D eigenvalue weighted by Crippen LogP contribution is 2.17. The average Bonchev–Trinajstić information content (AvgIpc) is 2.79. The minimum atomic E-state index is -3.82. The van der Waals surface area contributed by atoms with Crippen LogP contribution in [0.4, 0.5) is 0 Å². The highest BCUT2D eigenvalue weighted by molar-refractivity contribution is 7.89. The van der Waals surface area contributed by atoms with Crippen LogP contribution >= 0.6 is 0 Å². The summed E-state index contributed by atoms with van der Waals surface area (Å²) in [5.74, 6) is -1.31. The minimum Gasteiger partial charge on any atom is -0.478 e. The number of nitrogens with one attached hydrogen (secondary N) is 1. The zero-order chi connectivity index (χ0) is 13.8. The Morgan fingerprint density at radius 2 is 2.17 bits per heavy atom. The first-order chi connectivity index (χ1) is 8.45. The Labute approximate surface area is 106 Å². The fourth-order valence-corrected chi connectivity index (χ4v) is 3.09. The summed E-state index contributed by atoms with van der Waals surface area (Å²) < 4.78 is 25.7. The van der Waals surface area contributed by atoms with Crippen LogP contribution in [0, 0.1) is 0 Å². The van der Waals surface area contributed by atoms with Crippen molar-refractivity contribution in [1.82, 2.24) is 14.5 Å². The molecular formula is C10H17N3O4S. The van der Waals surface area contributed by atoms with Crippen molar-refractivity contribution in [2.75, 3.05) is 13.1 Å². The van der Waals surface area contributed by atoms with Crippen molar-refractivity contribution < 1.29 is 18.3 Å². The Kier molecular flexibility index (Phi) is 4.85. The van der Waals surface area contributed by atoms with Crippen molar-refractivity contribution in [1.29, 1.82) is 0 Å². The van der Waals surface area contributed by atoms with Gasteiger partial charge >= 0.3 is 5.97 Å². The molecule has 0 saturated carbocycles. The molecule has 1 aromatic heterocycles. The highest BCUT2D eigenvalue weighted by Gasteiger charge is 2.29. The van der Waals surface area contributed by atoms with E-state index in [9.17, 15) is 13.2 Å². The summed E-state index contributed by atoms with van der Waals surface area (Å²) in [5.41, 5.74) is -0.329. The number of aromatic nitrogens is 2. The minimum absolute atomic E-state index is 0.292. The van der Waals surface area contributed by atoms with E-state index in [1.807, 2.05) is 6.92 Å². The molecule has 8 heteroatoms. The van der Waals surface area contributed by atoms with E-state index in [1.54, 1.807) is 6.92 Å². The summed E-state index contributed by atoms with van der Waals surface area (Å²) in [4.78, 5) is 10.9. The van der Waals surface area contributed by atoms with Gasteiger partial charge in [0.1, 0.15) is 5.56 Å². The van der Waals surface area contributed by atoms with Gasteiger partial charge in [-0.2, -0.15) is 9.40 Å². The van der Waals surface area contributed by atoms with Crippen LogP contribution in [0.1, 0.15) is 37.0 Å². The van der Waals surface area contributed by atoms with Crippen molar-refractivity contribution in [3.05, 3.63) is 11.8 Å². The Hall–Kier alpha value is -1.41. The molecule has 0 aliphatic heterocycles. The van der Waals surface area contributed by atoms with Gasteiger partial charge in [0.2, 0.25) is 0 Å². The molecule has 0 saturated heterocycles. The maximum Gasteiger partial charge on any atom is 0.340 e. The number of aromatic carboxylic acids is 1. The molecule has 0 fully saturated rings. The fourth-order valence-electron chi connectivity index (χ4n) is 1.54. The van der Waals surface area contributed by atoms with Gasteiger partial charge in [0.15, 0.2) is 5.03 Å². The summed E-state index contributed by atoms with van der Waals surface area (Å²) >= 11 is 0. The number of unbranched alkanes of at least 4 members (excludes halogenated alkanes) is 1. The Morgan fingerprint density at radius 3 is 2.67 bits per heavy atom. The third kappa shape index (κ3) is 2.88. The second kappa shape index (κ2) is 5.96. The van der Waals surface area contributed by atoms with Gasteiger partial charge in [-0.3, -0.25) is 5.10 Å². The first-order valence-electron chi connectivity index (χ1n) is 5.71. The van der Waals surface area contributed by atoms with E-state index < -0.39 is 16.0 Å². The molecule has 0 atom stereocenters. The summed E-state index contributed by atoms with van der Waals surface area (Å²) in [6.45, 7) is 4.33. The first-order valence-corrected chi connectivity index (χ1v) is 7.15. The zero-order valence-corrected chi connectivity index (χ0v) is 11.2.